The molecule has 1 aliphatic rings. The maximum absolute atomic E-state index is 13.3. The summed E-state index contributed by atoms with van der Waals surface area (Å²) in [7, 11) is 1.73. The highest BCUT2D eigenvalue weighted by atomic mass is 19.1. The summed E-state index contributed by atoms with van der Waals surface area (Å²) in [6, 6.07) is 5.66. The number of aromatic nitrogens is 4. The number of carbonyl (C=O) groups is 1. The van der Waals surface area contributed by atoms with E-state index in [9.17, 15) is 14.0 Å². The standard InChI is InChI=1S/C19H20FN5O2/c1-11(13-4-3-5-14(20)8-13)22-16(26)10-25-19(27)18-15(9-21-25)17(12-6-7-12)23-24(18)2/h3-5,8-9,11-12H,6-7,10H2,1-2H3,(H,22,26). The molecular formula is C19H20FN5O2. The normalized spacial score (nSPS) is 15.1. The quantitative estimate of drug-likeness (QED) is 0.746. The molecule has 2 aromatic heterocycles. The number of nitrogens with one attached hydrogen (secondary N) is 1. The number of amides is 1. The average Bonchev–Trinajstić information content (AvgIpc) is 3.41. The molecular weight excluding hydrogens is 349 g/mol. The number of aryl methyl sites for hydroxylation is 1. The molecule has 0 bridgehead atoms. The Morgan fingerprint density at radius 3 is 2.89 bits per heavy atom. The van der Waals surface area contributed by atoms with Crippen LogP contribution in [0.25, 0.3) is 10.9 Å². The van der Waals surface area contributed by atoms with Crippen LogP contribution in [0.2, 0.25) is 0 Å². The van der Waals surface area contributed by atoms with Crippen molar-refractivity contribution in [2.45, 2.75) is 38.3 Å². The molecule has 1 unspecified atom stereocenters. The van der Waals surface area contributed by atoms with Gasteiger partial charge in [0, 0.05) is 18.4 Å². The van der Waals surface area contributed by atoms with Gasteiger partial charge in [0.25, 0.3) is 5.56 Å². The number of fused-ring (bicyclic) bond motifs is 1. The predicted octanol–water partition coefficient (Wildman–Crippen LogP) is 2.02. The summed E-state index contributed by atoms with van der Waals surface area (Å²) in [4.78, 5) is 25.1. The molecule has 1 atom stereocenters. The average molecular weight is 369 g/mol. The van der Waals surface area contributed by atoms with Crippen LogP contribution in [0.4, 0.5) is 4.39 Å². The van der Waals surface area contributed by atoms with Crippen LogP contribution in [0.3, 0.4) is 0 Å². The van der Waals surface area contributed by atoms with Crippen molar-refractivity contribution in [3.05, 3.63) is 57.9 Å². The van der Waals surface area contributed by atoms with Gasteiger partial charge in [-0.05, 0) is 37.5 Å². The first-order chi connectivity index (χ1) is 12.9. The lowest BCUT2D eigenvalue weighted by Crippen LogP contribution is -2.35. The van der Waals surface area contributed by atoms with Gasteiger partial charge in [-0.25, -0.2) is 9.07 Å². The third-order valence-electron chi connectivity index (χ3n) is 4.86. The molecule has 1 fully saturated rings. The lowest BCUT2D eigenvalue weighted by atomic mass is 10.1. The Hall–Kier alpha value is -3.03. The van der Waals surface area contributed by atoms with Crippen LogP contribution in [0.15, 0.2) is 35.3 Å². The van der Waals surface area contributed by atoms with Crippen LogP contribution in [-0.4, -0.2) is 25.5 Å². The van der Waals surface area contributed by atoms with Crippen LogP contribution in [-0.2, 0) is 18.4 Å². The maximum atomic E-state index is 13.3. The van der Waals surface area contributed by atoms with Crippen LogP contribution < -0.4 is 10.9 Å². The fourth-order valence-electron chi connectivity index (χ4n) is 3.30. The van der Waals surface area contributed by atoms with Crippen molar-refractivity contribution in [1.82, 2.24) is 24.9 Å². The molecule has 1 N–H and O–H groups in total. The molecule has 27 heavy (non-hydrogen) atoms. The molecule has 4 rings (SSSR count). The molecule has 0 saturated heterocycles. The third kappa shape index (κ3) is 3.34. The van der Waals surface area contributed by atoms with Crippen molar-refractivity contribution >= 4 is 16.8 Å². The van der Waals surface area contributed by atoms with Crippen molar-refractivity contribution in [2.24, 2.45) is 7.05 Å². The first-order valence-electron chi connectivity index (χ1n) is 8.91. The molecule has 0 aliphatic heterocycles. The minimum atomic E-state index is -0.384. The van der Waals surface area contributed by atoms with Gasteiger partial charge in [0.1, 0.15) is 17.9 Å². The van der Waals surface area contributed by atoms with Gasteiger partial charge in [0.15, 0.2) is 0 Å². The molecule has 7 nitrogen and oxygen atoms in total. The van der Waals surface area contributed by atoms with Crippen molar-refractivity contribution in [3.8, 4) is 0 Å². The fraction of sp³-hybridized carbons (Fsp3) is 0.368. The molecule has 0 spiro atoms. The summed E-state index contributed by atoms with van der Waals surface area (Å²) in [6.07, 6.45) is 3.77. The summed E-state index contributed by atoms with van der Waals surface area (Å²) in [5.41, 5.74) is 1.68. The molecule has 140 valence electrons. The highest BCUT2D eigenvalue weighted by Crippen LogP contribution is 2.41. The molecule has 3 aromatic rings. The minimum absolute atomic E-state index is 0.210. The van der Waals surface area contributed by atoms with Gasteiger partial charge < -0.3 is 5.32 Å². The van der Waals surface area contributed by atoms with Crippen molar-refractivity contribution in [3.63, 3.8) is 0 Å². The van der Waals surface area contributed by atoms with Gasteiger partial charge in [0.05, 0.1) is 17.9 Å². The lowest BCUT2D eigenvalue weighted by molar-refractivity contribution is -0.122. The van der Waals surface area contributed by atoms with Gasteiger partial charge in [0.2, 0.25) is 5.91 Å². The summed E-state index contributed by atoms with van der Waals surface area (Å²) < 4.78 is 16.0. The molecule has 0 radical (unpaired) electrons. The number of nitrogens with zero attached hydrogens (tertiary/aromatic N) is 4. The van der Waals surface area contributed by atoms with E-state index < -0.39 is 0 Å². The first-order valence-corrected chi connectivity index (χ1v) is 8.91. The first kappa shape index (κ1) is 17.4. The van der Waals surface area contributed by atoms with E-state index >= 15 is 0 Å². The van der Waals surface area contributed by atoms with E-state index in [1.807, 2.05) is 0 Å². The second kappa shape index (κ2) is 6.61. The second-order valence-corrected chi connectivity index (χ2v) is 7.00. The van der Waals surface area contributed by atoms with E-state index in [1.165, 1.54) is 12.1 Å². The molecule has 1 aliphatic carbocycles. The zero-order valence-electron chi connectivity index (χ0n) is 15.1. The Kier molecular flexibility index (Phi) is 4.25. The number of hydrogen-bond acceptors (Lipinski definition) is 4. The molecule has 1 aromatic carbocycles. The van der Waals surface area contributed by atoms with E-state index in [4.69, 9.17) is 0 Å². The SMILES string of the molecule is CC(NC(=O)Cn1ncc2c(C3CC3)nn(C)c2c1=O)c1cccc(F)c1. The Labute approximate surface area is 154 Å². The van der Waals surface area contributed by atoms with E-state index in [0.717, 1.165) is 28.6 Å². The number of carbonyl (C=O) groups excluding carboxylic acids is 1. The second-order valence-electron chi connectivity index (χ2n) is 7.00. The highest BCUT2D eigenvalue weighted by molar-refractivity contribution is 5.81. The van der Waals surface area contributed by atoms with Gasteiger partial charge >= 0.3 is 0 Å². The highest BCUT2D eigenvalue weighted by Gasteiger charge is 2.30. The molecule has 1 saturated carbocycles. The molecule has 8 heteroatoms. The van der Waals surface area contributed by atoms with E-state index in [-0.39, 0.29) is 29.9 Å². The Morgan fingerprint density at radius 2 is 2.19 bits per heavy atom. The number of halogens is 1. The number of rotatable bonds is 5. The summed E-state index contributed by atoms with van der Waals surface area (Å²) in [5, 5.41) is 12.1. The summed E-state index contributed by atoms with van der Waals surface area (Å²) in [6.45, 7) is 1.55. The van der Waals surface area contributed by atoms with E-state index in [1.54, 1.807) is 37.0 Å². The third-order valence-corrected chi connectivity index (χ3v) is 4.86. The van der Waals surface area contributed by atoms with Crippen molar-refractivity contribution in [1.29, 1.82) is 0 Å². The van der Waals surface area contributed by atoms with Crippen LogP contribution in [0.5, 0.6) is 0 Å². The zero-order valence-corrected chi connectivity index (χ0v) is 15.1. The largest absolute Gasteiger partial charge is 0.348 e. The monoisotopic (exact) mass is 369 g/mol. The van der Waals surface area contributed by atoms with E-state index in [2.05, 4.69) is 15.5 Å². The van der Waals surface area contributed by atoms with Crippen LogP contribution >= 0.6 is 0 Å². The summed E-state index contributed by atoms with van der Waals surface area (Å²) in [5.74, 6) is -0.328. The molecule has 1 amide bonds. The van der Waals surface area contributed by atoms with Crippen LogP contribution in [0.1, 0.15) is 43.0 Å². The number of benzene rings is 1. The topological polar surface area (TPSA) is 81.8 Å². The Balaban J connectivity index is 1.54. The van der Waals surface area contributed by atoms with Crippen molar-refractivity contribution in [2.75, 3.05) is 0 Å². The van der Waals surface area contributed by atoms with Crippen LogP contribution in [0, 0.1) is 5.82 Å². The predicted molar refractivity (Wildman–Crippen MR) is 97.7 cm³/mol. The zero-order chi connectivity index (χ0) is 19.1. The van der Waals surface area contributed by atoms with Gasteiger partial charge in [-0.2, -0.15) is 10.2 Å². The van der Waals surface area contributed by atoms with Gasteiger partial charge in [-0.15, -0.1) is 0 Å². The number of hydrogen-bond donors (Lipinski definition) is 1. The maximum Gasteiger partial charge on any atom is 0.293 e. The Morgan fingerprint density at radius 1 is 1.41 bits per heavy atom. The van der Waals surface area contributed by atoms with E-state index in [0.29, 0.717) is 17.0 Å². The van der Waals surface area contributed by atoms with Crippen molar-refractivity contribution < 1.29 is 9.18 Å². The fourth-order valence-corrected chi connectivity index (χ4v) is 3.30. The Bertz CT molecular complexity index is 1080. The van der Waals surface area contributed by atoms with Gasteiger partial charge in [-0.3, -0.25) is 14.3 Å². The smallest absolute Gasteiger partial charge is 0.293 e. The lowest BCUT2D eigenvalue weighted by Gasteiger charge is -2.14. The molecule has 2 heterocycles. The minimum Gasteiger partial charge on any atom is -0.348 e. The summed E-state index contributed by atoms with van der Waals surface area (Å²) >= 11 is 0. The van der Waals surface area contributed by atoms with Gasteiger partial charge in [-0.1, -0.05) is 12.1 Å².